The minimum absolute atomic E-state index is 0.0208. The van der Waals surface area contributed by atoms with Gasteiger partial charge in [-0.1, -0.05) is 24.3 Å². The van der Waals surface area contributed by atoms with E-state index in [0.29, 0.717) is 31.7 Å². The van der Waals surface area contributed by atoms with Crippen LogP contribution in [0.1, 0.15) is 36.1 Å². The molecule has 0 bridgehead atoms. The highest BCUT2D eigenvalue weighted by atomic mass is 19.1. The van der Waals surface area contributed by atoms with Gasteiger partial charge in [-0.2, -0.15) is 0 Å². The lowest BCUT2D eigenvalue weighted by molar-refractivity contribution is -0.138. The normalized spacial score (nSPS) is 15.4. The van der Waals surface area contributed by atoms with Crippen LogP contribution in [0.15, 0.2) is 48.8 Å². The minimum Gasteiger partial charge on any atom is -0.339 e. The Hall–Kier alpha value is -3.22. The fourth-order valence-corrected chi connectivity index (χ4v) is 4.13. The van der Waals surface area contributed by atoms with E-state index in [1.165, 1.54) is 6.07 Å². The first kappa shape index (κ1) is 20.1. The Bertz CT molecular complexity index is 1090. The number of nitrogens with zero attached hydrogens (tertiary/aromatic N) is 4. The van der Waals surface area contributed by atoms with Crippen molar-refractivity contribution >= 4 is 17.5 Å². The highest BCUT2D eigenvalue weighted by Crippen LogP contribution is 2.31. The van der Waals surface area contributed by atoms with Crippen LogP contribution in [0.25, 0.3) is 5.65 Å². The highest BCUT2D eigenvalue weighted by molar-refractivity contribution is 5.79. The molecule has 0 saturated carbocycles. The van der Waals surface area contributed by atoms with Crippen LogP contribution < -0.4 is 0 Å². The number of benzene rings is 1. The minimum atomic E-state index is -0.457. The molecule has 4 rings (SSSR count). The number of hydrogen-bond acceptors (Lipinski definition) is 3. The third-order valence-electron chi connectivity index (χ3n) is 5.85. The Morgan fingerprint density at radius 2 is 1.77 bits per heavy atom. The molecule has 0 spiro atoms. The SMILES string of the molecule is CC(=O)N1CCN(C(=O)CC(c2ccccc2F)c2cnc3c(C)cccn23)CC1. The van der Waals surface area contributed by atoms with Gasteiger partial charge in [0, 0.05) is 57.8 Å². The highest BCUT2D eigenvalue weighted by Gasteiger charge is 2.29. The van der Waals surface area contributed by atoms with Gasteiger partial charge in [-0.3, -0.25) is 9.59 Å². The molecule has 1 aromatic carbocycles. The first-order chi connectivity index (χ1) is 14.5. The quantitative estimate of drug-likeness (QED) is 0.667. The number of pyridine rings is 1. The Kier molecular flexibility index (Phi) is 5.53. The monoisotopic (exact) mass is 408 g/mol. The summed E-state index contributed by atoms with van der Waals surface area (Å²) in [5.41, 5.74) is 3.09. The molecule has 3 heterocycles. The number of aromatic nitrogens is 2. The first-order valence-corrected chi connectivity index (χ1v) is 10.2. The Morgan fingerprint density at radius 1 is 1.07 bits per heavy atom. The van der Waals surface area contributed by atoms with Crippen molar-refractivity contribution in [2.75, 3.05) is 26.2 Å². The molecule has 6 nitrogen and oxygen atoms in total. The predicted molar refractivity (Wildman–Crippen MR) is 112 cm³/mol. The zero-order valence-electron chi connectivity index (χ0n) is 17.2. The van der Waals surface area contributed by atoms with Crippen LogP contribution in [0.2, 0.25) is 0 Å². The van der Waals surface area contributed by atoms with E-state index in [2.05, 4.69) is 4.98 Å². The van der Waals surface area contributed by atoms with Gasteiger partial charge in [-0.15, -0.1) is 0 Å². The maximum atomic E-state index is 14.7. The lowest BCUT2D eigenvalue weighted by Gasteiger charge is -2.35. The van der Waals surface area contributed by atoms with Crippen LogP contribution >= 0.6 is 0 Å². The number of carbonyl (C=O) groups is 2. The summed E-state index contributed by atoms with van der Waals surface area (Å²) in [6.07, 6.45) is 3.78. The molecule has 1 unspecified atom stereocenters. The summed E-state index contributed by atoms with van der Waals surface area (Å²) in [7, 11) is 0. The molecular weight excluding hydrogens is 383 g/mol. The van der Waals surface area contributed by atoms with Gasteiger partial charge in [-0.25, -0.2) is 9.37 Å². The van der Waals surface area contributed by atoms with E-state index in [0.717, 1.165) is 16.9 Å². The van der Waals surface area contributed by atoms with Crippen LogP contribution in [0.5, 0.6) is 0 Å². The molecule has 1 aliphatic heterocycles. The van der Waals surface area contributed by atoms with E-state index in [1.807, 2.05) is 29.7 Å². The van der Waals surface area contributed by atoms with E-state index in [4.69, 9.17) is 0 Å². The molecule has 2 aromatic heterocycles. The number of fused-ring (bicyclic) bond motifs is 1. The van der Waals surface area contributed by atoms with Crippen LogP contribution in [-0.4, -0.2) is 57.2 Å². The van der Waals surface area contributed by atoms with E-state index in [-0.39, 0.29) is 24.1 Å². The molecule has 7 heteroatoms. The van der Waals surface area contributed by atoms with Gasteiger partial charge in [0.05, 0.1) is 5.69 Å². The molecule has 156 valence electrons. The standard InChI is InChI=1S/C23H25FN4O2/c1-16-6-5-9-28-21(15-25-23(16)28)19(18-7-3-4-8-20(18)24)14-22(30)27-12-10-26(11-13-27)17(2)29/h3-9,15,19H,10-14H2,1-2H3. The fraction of sp³-hybridized carbons (Fsp3) is 0.348. The average molecular weight is 408 g/mol. The van der Waals surface area contributed by atoms with Crippen molar-refractivity contribution in [1.29, 1.82) is 0 Å². The van der Waals surface area contributed by atoms with Crippen molar-refractivity contribution in [1.82, 2.24) is 19.2 Å². The largest absolute Gasteiger partial charge is 0.339 e. The second kappa shape index (κ2) is 8.26. The predicted octanol–water partition coefficient (Wildman–Crippen LogP) is 2.99. The van der Waals surface area contributed by atoms with E-state index >= 15 is 0 Å². The molecule has 3 aromatic rings. The lowest BCUT2D eigenvalue weighted by Crippen LogP contribution is -2.50. The summed E-state index contributed by atoms with van der Waals surface area (Å²) in [5.74, 6) is -0.817. The molecule has 2 amide bonds. The summed E-state index contributed by atoms with van der Waals surface area (Å²) in [5, 5.41) is 0. The molecular formula is C23H25FN4O2. The lowest BCUT2D eigenvalue weighted by atomic mass is 9.91. The number of rotatable bonds is 4. The summed E-state index contributed by atoms with van der Waals surface area (Å²) in [6, 6.07) is 10.5. The zero-order chi connectivity index (χ0) is 21.3. The molecule has 1 atom stereocenters. The second-order valence-electron chi connectivity index (χ2n) is 7.73. The number of piperazine rings is 1. The van der Waals surface area contributed by atoms with Gasteiger partial charge in [0.2, 0.25) is 11.8 Å². The maximum Gasteiger partial charge on any atom is 0.223 e. The Labute approximate surface area is 174 Å². The Balaban J connectivity index is 1.65. The molecule has 1 fully saturated rings. The van der Waals surface area contributed by atoms with E-state index in [9.17, 15) is 14.0 Å². The zero-order valence-corrected chi connectivity index (χ0v) is 17.2. The van der Waals surface area contributed by atoms with Gasteiger partial charge >= 0.3 is 0 Å². The number of halogens is 1. The second-order valence-corrected chi connectivity index (χ2v) is 7.73. The Morgan fingerprint density at radius 3 is 2.47 bits per heavy atom. The number of hydrogen-bond donors (Lipinski definition) is 0. The van der Waals surface area contributed by atoms with E-state index in [1.54, 1.807) is 41.1 Å². The summed E-state index contributed by atoms with van der Waals surface area (Å²) in [6.45, 7) is 5.56. The molecule has 1 saturated heterocycles. The number of amides is 2. The van der Waals surface area contributed by atoms with Crippen LogP contribution in [0.4, 0.5) is 4.39 Å². The van der Waals surface area contributed by atoms with Gasteiger partial charge in [0.1, 0.15) is 11.5 Å². The van der Waals surface area contributed by atoms with Gasteiger partial charge < -0.3 is 14.2 Å². The smallest absolute Gasteiger partial charge is 0.223 e. The molecule has 0 N–H and O–H groups in total. The summed E-state index contributed by atoms with van der Waals surface area (Å²) < 4.78 is 16.7. The summed E-state index contributed by atoms with van der Waals surface area (Å²) >= 11 is 0. The maximum absolute atomic E-state index is 14.7. The van der Waals surface area contributed by atoms with Gasteiger partial charge in [0.25, 0.3) is 0 Å². The third kappa shape index (κ3) is 3.79. The number of aryl methyl sites for hydroxylation is 1. The van der Waals surface area contributed by atoms with Crippen molar-refractivity contribution in [3.8, 4) is 0 Å². The molecule has 0 radical (unpaired) electrons. The topological polar surface area (TPSA) is 57.9 Å². The average Bonchev–Trinajstić information content (AvgIpc) is 3.18. The molecule has 0 aliphatic carbocycles. The number of carbonyl (C=O) groups excluding carboxylic acids is 2. The van der Waals surface area contributed by atoms with Crippen molar-refractivity contribution in [3.63, 3.8) is 0 Å². The number of imidazole rings is 1. The molecule has 30 heavy (non-hydrogen) atoms. The van der Waals surface area contributed by atoms with Crippen molar-refractivity contribution < 1.29 is 14.0 Å². The third-order valence-corrected chi connectivity index (χ3v) is 5.85. The van der Waals surface area contributed by atoms with Crippen molar-refractivity contribution in [2.24, 2.45) is 0 Å². The van der Waals surface area contributed by atoms with Gasteiger partial charge in [0.15, 0.2) is 0 Å². The van der Waals surface area contributed by atoms with E-state index < -0.39 is 5.92 Å². The van der Waals surface area contributed by atoms with Crippen LogP contribution in [0.3, 0.4) is 0 Å². The van der Waals surface area contributed by atoms with Crippen LogP contribution in [-0.2, 0) is 9.59 Å². The fourth-order valence-electron chi connectivity index (χ4n) is 4.13. The van der Waals surface area contributed by atoms with Crippen molar-refractivity contribution in [2.45, 2.75) is 26.2 Å². The molecule has 1 aliphatic rings. The van der Waals surface area contributed by atoms with Crippen molar-refractivity contribution in [3.05, 3.63) is 71.4 Å². The van der Waals surface area contributed by atoms with Gasteiger partial charge in [-0.05, 0) is 30.2 Å². The van der Waals surface area contributed by atoms with Crippen LogP contribution in [0, 0.1) is 12.7 Å². The summed E-state index contributed by atoms with van der Waals surface area (Å²) in [4.78, 5) is 32.7. The first-order valence-electron chi connectivity index (χ1n) is 10.2.